The summed E-state index contributed by atoms with van der Waals surface area (Å²) in [4.78, 5) is 7.59. The molecule has 5 nitrogen and oxygen atoms in total. The van der Waals surface area contributed by atoms with Gasteiger partial charge in [0.05, 0.1) is 0 Å². The van der Waals surface area contributed by atoms with Crippen molar-refractivity contribution < 1.29 is 13.2 Å². The summed E-state index contributed by atoms with van der Waals surface area (Å²) in [7, 11) is 0. The first-order valence-electron chi connectivity index (χ1n) is 7.50. The Balaban J connectivity index is 1.84. The fraction of sp³-hybridized carbons (Fsp3) is 0.118. The minimum atomic E-state index is -4.61. The van der Waals surface area contributed by atoms with Crippen LogP contribution in [0.15, 0.2) is 60.9 Å². The summed E-state index contributed by atoms with van der Waals surface area (Å²) in [6.07, 6.45) is 0.461. The average Bonchev–Trinajstić information content (AvgIpc) is 3.07. The fourth-order valence-electron chi connectivity index (χ4n) is 2.70. The van der Waals surface area contributed by atoms with Gasteiger partial charge in [0.25, 0.3) is 5.82 Å². The van der Waals surface area contributed by atoms with Crippen LogP contribution in [0.25, 0.3) is 5.70 Å². The van der Waals surface area contributed by atoms with E-state index in [4.69, 9.17) is 0 Å². The first-order valence-corrected chi connectivity index (χ1v) is 7.50. The van der Waals surface area contributed by atoms with E-state index in [9.17, 15) is 13.2 Å². The molecule has 2 aromatic heterocycles. The zero-order valence-electron chi connectivity index (χ0n) is 12.8. The first kappa shape index (κ1) is 15.4. The Kier molecular flexibility index (Phi) is 3.52. The molecule has 0 bridgehead atoms. The van der Waals surface area contributed by atoms with Gasteiger partial charge in [-0.1, -0.05) is 30.3 Å². The number of hydrogen-bond acceptors (Lipinski definition) is 4. The maximum atomic E-state index is 13.0. The van der Waals surface area contributed by atoms with Gasteiger partial charge in [-0.2, -0.15) is 18.2 Å². The standard InChI is InChI=1S/C17H12F3N5/c18-17(19,20)15-23-16-22-13(11-6-8-21-9-7-11)10-14(25(16)24-15)12-4-2-1-3-5-12/h1-10,14H,(H,22,23,24)/t14-/m1/s1. The number of aromatic nitrogens is 4. The highest BCUT2D eigenvalue weighted by atomic mass is 19.4. The van der Waals surface area contributed by atoms with Gasteiger partial charge in [-0.25, -0.2) is 4.68 Å². The topological polar surface area (TPSA) is 55.6 Å². The van der Waals surface area contributed by atoms with Crippen molar-refractivity contribution in [2.75, 3.05) is 5.32 Å². The first-order chi connectivity index (χ1) is 12.0. The van der Waals surface area contributed by atoms with Gasteiger partial charge in [0, 0.05) is 23.7 Å². The summed E-state index contributed by atoms with van der Waals surface area (Å²) in [5, 5.41) is 6.60. The monoisotopic (exact) mass is 343 g/mol. The van der Waals surface area contributed by atoms with Gasteiger partial charge in [0.15, 0.2) is 0 Å². The van der Waals surface area contributed by atoms with Gasteiger partial charge in [-0.15, -0.1) is 5.10 Å². The largest absolute Gasteiger partial charge is 0.453 e. The summed E-state index contributed by atoms with van der Waals surface area (Å²) in [6.45, 7) is 0. The van der Waals surface area contributed by atoms with E-state index in [1.165, 1.54) is 4.68 Å². The summed E-state index contributed by atoms with van der Waals surface area (Å²) in [5.74, 6) is -1.12. The predicted molar refractivity (Wildman–Crippen MR) is 85.4 cm³/mol. The van der Waals surface area contributed by atoms with Gasteiger partial charge in [0.1, 0.15) is 6.04 Å². The SMILES string of the molecule is FC(F)(F)c1nc2n(n1)[C@@H](c1ccccc1)C=C(c1ccncc1)N2. The minimum absolute atomic E-state index is 0.0514. The Morgan fingerprint density at radius 3 is 2.40 bits per heavy atom. The van der Waals surface area contributed by atoms with E-state index in [0.29, 0.717) is 5.70 Å². The molecule has 3 heterocycles. The highest BCUT2D eigenvalue weighted by Crippen LogP contribution is 2.35. The third-order valence-electron chi connectivity index (χ3n) is 3.85. The summed E-state index contributed by atoms with van der Waals surface area (Å²) < 4.78 is 40.4. The summed E-state index contributed by atoms with van der Waals surface area (Å²) in [6, 6.07) is 12.3. The van der Waals surface area contributed by atoms with Crippen molar-refractivity contribution in [2.45, 2.75) is 12.2 Å². The fourth-order valence-corrected chi connectivity index (χ4v) is 2.70. The molecule has 4 rings (SSSR count). The van der Waals surface area contributed by atoms with Gasteiger partial charge in [0.2, 0.25) is 5.95 Å². The number of anilines is 1. The van der Waals surface area contributed by atoms with E-state index in [2.05, 4.69) is 20.4 Å². The van der Waals surface area contributed by atoms with E-state index in [1.54, 1.807) is 24.5 Å². The molecule has 126 valence electrons. The van der Waals surface area contributed by atoms with Crippen molar-refractivity contribution in [3.8, 4) is 0 Å². The van der Waals surface area contributed by atoms with Crippen LogP contribution in [-0.2, 0) is 6.18 Å². The maximum absolute atomic E-state index is 13.0. The molecule has 1 N–H and O–H groups in total. The number of fused-ring (bicyclic) bond motifs is 1. The Labute approximate surface area is 140 Å². The quantitative estimate of drug-likeness (QED) is 0.770. The lowest BCUT2D eigenvalue weighted by atomic mass is 10.0. The number of rotatable bonds is 2. The van der Waals surface area contributed by atoms with Crippen LogP contribution < -0.4 is 5.32 Å². The molecule has 1 aromatic carbocycles. The molecule has 0 saturated carbocycles. The molecular weight excluding hydrogens is 331 g/mol. The third kappa shape index (κ3) is 2.86. The number of benzene rings is 1. The van der Waals surface area contributed by atoms with E-state index in [1.807, 2.05) is 36.4 Å². The highest BCUT2D eigenvalue weighted by Gasteiger charge is 2.39. The Hall–Kier alpha value is -3.16. The van der Waals surface area contributed by atoms with Crippen molar-refractivity contribution in [3.63, 3.8) is 0 Å². The molecule has 1 aliphatic rings. The van der Waals surface area contributed by atoms with Crippen molar-refractivity contribution in [2.24, 2.45) is 0 Å². The zero-order chi connectivity index (χ0) is 17.4. The summed E-state index contributed by atoms with van der Waals surface area (Å²) in [5.41, 5.74) is 2.28. The Morgan fingerprint density at radius 1 is 1.00 bits per heavy atom. The lowest BCUT2D eigenvalue weighted by molar-refractivity contribution is -0.145. The molecule has 0 amide bonds. The van der Waals surface area contributed by atoms with E-state index < -0.39 is 18.0 Å². The molecule has 1 aliphatic heterocycles. The van der Waals surface area contributed by atoms with Gasteiger partial charge in [-0.05, 0) is 23.8 Å². The second-order valence-corrected chi connectivity index (χ2v) is 5.50. The van der Waals surface area contributed by atoms with Crippen LogP contribution in [-0.4, -0.2) is 19.7 Å². The van der Waals surface area contributed by atoms with E-state index >= 15 is 0 Å². The average molecular weight is 343 g/mol. The van der Waals surface area contributed by atoms with Crippen molar-refractivity contribution in [1.82, 2.24) is 19.7 Å². The van der Waals surface area contributed by atoms with E-state index in [0.717, 1.165) is 11.1 Å². The van der Waals surface area contributed by atoms with Gasteiger partial charge >= 0.3 is 6.18 Å². The molecule has 25 heavy (non-hydrogen) atoms. The van der Waals surface area contributed by atoms with Crippen molar-refractivity contribution >= 4 is 11.6 Å². The molecular formula is C17H12F3N5. The molecule has 0 aliphatic carbocycles. The maximum Gasteiger partial charge on any atom is 0.453 e. The number of pyridine rings is 1. The van der Waals surface area contributed by atoms with Crippen molar-refractivity contribution in [1.29, 1.82) is 0 Å². The second-order valence-electron chi connectivity index (χ2n) is 5.50. The molecule has 0 fully saturated rings. The number of halogens is 3. The lowest BCUT2D eigenvalue weighted by Gasteiger charge is -2.24. The van der Waals surface area contributed by atoms with Crippen LogP contribution in [0, 0.1) is 0 Å². The molecule has 3 aromatic rings. The van der Waals surface area contributed by atoms with Gasteiger partial charge in [-0.3, -0.25) is 4.98 Å². The smallest absolute Gasteiger partial charge is 0.324 e. The molecule has 0 saturated heterocycles. The Bertz CT molecular complexity index is 916. The zero-order valence-corrected chi connectivity index (χ0v) is 12.8. The van der Waals surface area contributed by atoms with Crippen LogP contribution in [0.4, 0.5) is 19.1 Å². The van der Waals surface area contributed by atoms with Crippen LogP contribution in [0.5, 0.6) is 0 Å². The number of allylic oxidation sites excluding steroid dienone is 1. The Morgan fingerprint density at radius 2 is 1.72 bits per heavy atom. The van der Waals surface area contributed by atoms with Crippen LogP contribution in [0.3, 0.4) is 0 Å². The number of hydrogen-bond donors (Lipinski definition) is 1. The molecule has 8 heteroatoms. The highest BCUT2D eigenvalue weighted by molar-refractivity contribution is 5.76. The molecule has 0 unspecified atom stereocenters. The minimum Gasteiger partial charge on any atom is -0.324 e. The van der Waals surface area contributed by atoms with E-state index in [-0.39, 0.29) is 5.95 Å². The number of alkyl halides is 3. The number of nitrogens with zero attached hydrogens (tertiary/aromatic N) is 4. The normalized spacial score (nSPS) is 16.8. The molecule has 0 radical (unpaired) electrons. The molecule has 0 spiro atoms. The van der Waals surface area contributed by atoms with Crippen LogP contribution in [0.1, 0.15) is 23.0 Å². The van der Waals surface area contributed by atoms with Crippen LogP contribution in [0.2, 0.25) is 0 Å². The second kappa shape index (κ2) is 5.73. The summed E-state index contributed by atoms with van der Waals surface area (Å²) >= 11 is 0. The van der Waals surface area contributed by atoms with Crippen LogP contribution >= 0.6 is 0 Å². The van der Waals surface area contributed by atoms with Crippen molar-refractivity contribution in [3.05, 3.63) is 77.9 Å². The van der Waals surface area contributed by atoms with Gasteiger partial charge < -0.3 is 5.32 Å². The number of nitrogens with one attached hydrogen (secondary N) is 1. The lowest BCUT2D eigenvalue weighted by Crippen LogP contribution is -2.20. The third-order valence-corrected chi connectivity index (χ3v) is 3.85. The predicted octanol–water partition coefficient (Wildman–Crippen LogP) is 3.75. The molecule has 1 atom stereocenters.